The van der Waals surface area contributed by atoms with Gasteiger partial charge in [0, 0.05) is 30.3 Å². The van der Waals surface area contributed by atoms with Crippen molar-refractivity contribution in [1.82, 2.24) is 10.3 Å². The van der Waals surface area contributed by atoms with Gasteiger partial charge in [0.15, 0.2) is 0 Å². The second kappa shape index (κ2) is 6.39. The van der Waals surface area contributed by atoms with Gasteiger partial charge in [0.25, 0.3) is 11.6 Å². The summed E-state index contributed by atoms with van der Waals surface area (Å²) in [6, 6.07) is 4.86. The van der Waals surface area contributed by atoms with Crippen LogP contribution in [0.25, 0.3) is 10.9 Å². The monoisotopic (exact) mass is 357 g/mol. The first-order valence-corrected chi connectivity index (χ1v) is 9.24. The van der Waals surface area contributed by atoms with E-state index in [-0.39, 0.29) is 29.2 Å². The maximum absolute atomic E-state index is 12.9. The molecule has 4 rings (SSSR count). The minimum atomic E-state index is -0.445. The molecular weight excluding hydrogens is 334 g/mol. The summed E-state index contributed by atoms with van der Waals surface area (Å²) in [7, 11) is 0. The number of aromatic nitrogens is 1. The summed E-state index contributed by atoms with van der Waals surface area (Å²) >= 11 is 0. The lowest BCUT2D eigenvalue weighted by Crippen LogP contribution is -2.63. The van der Waals surface area contributed by atoms with Crippen LogP contribution in [0.2, 0.25) is 0 Å². The summed E-state index contributed by atoms with van der Waals surface area (Å²) in [5, 5.41) is 14.8. The zero-order valence-electron chi connectivity index (χ0n) is 14.8. The van der Waals surface area contributed by atoms with E-state index in [9.17, 15) is 14.9 Å². The van der Waals surface area contributed by atoms with Gasteiger partial charge in [-0.3, -0.25) is 14.9 Å². The van der Waals surface area contributed by atoms with E-state index in [0.29, 0.717) is 23.1 Å². The zero-order chi connectivity index (χ0) is 18.3. The molecule has 2 fully saturated rings. The van der Waals surface area contributed by atoms with E-state index in [0.717, 1.165) is 32.1 Å². The summed E-state index contributed by atoms with van der Waals surface area (Å²) in [6.45, 7) is 2.68. The molecule has 1 spiro atoms. The molecule has 0 saturated heterocycles. The van der Waals surface area contributed by atoms with Crippen LogP contribution in [0.4, 0.5) is 5.69 Å². The van der Waals surface area contributed by atoms with Crippen molar-refractivity contribution in [1.29, 1.82) is 0 Å². The molecule has 2 aliphatic carbocycles. The molecule has 2 saturated carbocycles. The number of aromatic amines is 1. The molecule has 7 heteroatoms. The summed E-state index contributed by atoms with van der Waals surface area (Å²) in [5.74, 6) is -0.253. The van der Waals surface area contributed by atoms with E-state index in [1.54, 1.807) is 18.3 Å². The molecule has 0 radical (unpaired) electrons. The van der Waals surface area contributed by atoms with Crippen LogP contribution >= 0.6 is 0 Å². The van der Waals surface area contributed by atoms with Crippen molar-refractivity contribution in [3.63, 3.8) is 0 Å². The van der Waals surface area contributed by atoms with Crippen LogP contribution in [0.1, 0.15) is 49.4 Å². The van der Waals surface area contributed by atoms with E-state index in [4.69, 9.17) is 4.74 Å². The number of nitrogens with zero attached hydrogens (tertiary/aromatic N) is 1. The Bertz CT molecular complexity index is 854. The fraction of sp³-hybridized carbons (Fsp3) is 0.526. The average molecular weight is 357 g/mol. The molecule has 1 aromatic carbocycles. The topological polar surface area (TPSA) is 97.3 Å². The maximum atomic E-state index is 12.9. The highest BCUT2D eigenvalue weighted by molar-refractivity contribution is 6.10. The highest BCUT2D eigenvalue weighted by atomic mass is 16.6. The Morgan fingerprint density at radius 2 is 2.19 bits per heavy atom. The van der Waals surface area contributed by atoms with Gasteiger partial charge < -0.3 is 15.0 Å². The Morgan fingerprint density at radius 1 is 1.42 bits per heavy atom. The van der Waals surface area contributed by atoms with E-state index in [1.807, 2.05) is 6.92 Å². The van der Waals surface area contributed by atoms with Crippen molar-refractivity contribution in [3.05, 3.63) is 40.1 Å². The van der Waals surface area contributed by atoms with Gasteiger partial charge in [-0.05, 0) is 32.3 Å². The summed E-state index contributed by atoms with van der Waals surface area (Å²) in [5.41, 5.74) is 0.912. The molecule has 26 heavy (non-hydrogen) atoms. The van der Waals surface area contributed by atoms with Crippen molar-refractivity contribution >= 4 is 22.5 Å². The van der Waals surface area contributed by atoms with Gasteiger partial charge in [0.1, 0.15) is 0 Å². The zero-order valence-corrected chi connectivity index (χ0v) is 14.8. The van der Waals surface area contributed by atoms with E-state index < -0.39 is 4.92 Å². The summed E-state index contributed by atoms with van der Waals surface area (Å²) in [4.78, 5) is 26.8. The number of nitro groups is 1. The molecule has 2 aliphatic rings. The number of nitro benzene ring substituents is 1. The second-order valence-electron chi connectivity index (χ2n) is 7.31. The SMILES string of the molecule is CCOC1CC(NC(=O)c2c[nH]c3cccc([N+](=O)[O-])c23)C12CCCC2. The lowest BCUT2D eigenvalue weighted by atomic mass is 9.60. The van der Waals surface area contributed by atoms with Crippen molar-refractivity contribution in [2.75, 3.05) is 6.61 Å². The van der Waals surface area contributed by atoms with Gasteiger partial charge in [0.05, 0.1) is 27.5 Å². The molecule has 1 heterocycles. The molecule has 2 unspecified atom stereocenters. The molecule has 2 atom stereocenters. The number of carbonyl (C=O) groups excluding carboxylic acids is 1. The number of amides is 1. The van der Waals surface area contributed by atoms with Gasteiger partial charge in [0.2, 0.25) is 0 Å². The number of H-pyrrole nitrogens is 1. The second-order valence-corrected chi connectivity index (χ2v) is 7.31. The number of carbonyl (C=O) groups is 1. The highest BCUT2D eigenvalue weighted by Crippen LogP contribution is 2.54. The fourth-order valence-corrected chi connectivity index (χ4v) is 4.82. The molecule has 2 N–H and O–H groups in total. The quantitative estimate of drug-likeness (QED) is 0.632. The minimum Gasteiger partial charge on any atom is -0.378 e. The van der Waals surface area contributed by atoms with Crippen LogP contribution in [-0.4, -0.2) is 34.6 Å². The van der Waals surface area contributed by atoms with E-state index in [1.165, 1.54) is 6.07 Å². The standard InChI is InChI=1S/C19H23N3O4/c1-2-26-16-10-15(19(16)8-3-4-9-19)21-18(23)12-11-20-13-6-5-7-14(17(12)13)22(24)25/h5-7,11,15-16,20H,2-4,8-10H2,1H3,(H,21,23). The fourth-order valence-electron chi connectivity index (χ4n) is 4.82. The van der Waals surface area contributed by atoms with E-state index >= 15 is 0 Å². The van der Waals surface area contributed by atoms with Gasteiger partial charge >= 0.3 is 0 Å². The summed E-state index contributed by atoms with van der Waals surface area (Å²) in [6.07, 6.45) is 7.03. The third kappa shape index (κ3) is 2.49. The first-order chi connectivity index (χ1) is 12.6. The van der Waals surface area contributed by atoms with Crippen molar-refractivity contribution in [2.24, 2.45) is 5.41 Å². The number of non-ortho nitro benzene ring substituents is 1. The number of rotatable bonds is 5. The minimum absolute atomic E-state index is 0.0315. The third-order valence-electron chi connectivity index (χ3n) is 6.12. The molecule has 2 aromatic rings. The largest absolute Gasteiger partial charge is 0.378 e. The normalized spacial score (nSPS) is 23.9. The smallest absolute Gasteiger partial charge is 0.279 e. The van der Waals surface area contributed by atoms with Gasteiger partial charge in [-0.15, -0.1) is 0 Å². The number of benzene rings is 1. The molecule has 0 bridgehead atoms. The lowest BCUT2D eigenvalue weighted by Gasteiger charge is -2.54. The summed E-state index contributed by atoms with van der Waals surface area (Å²) < 4.78 is 5.89. The Labute approximate surface area is 151 Å². The van der Waals surface area contributed by atoms with Gasteiger partial charge in [-0.2, -0.15) is 0 Å². The third-order valence-corrected chi connectivity index (χ3v) is 6.12. The molecule has 1 aromatic heterocycles. The first-order valence-electron chi connectivity index (χ1n) is 9.24. The van der Waals surface area contributed by atoms with Crippen molar-refractivity contribution in [2.45, 2.75) is 51.2 Å². The number of ether oxygens (including phenoxy) is 1. The lowest BCUT2D eigenvalue weighted by molar-refractivity contribution is -0.383. The number of fused-ring (bicyclic) bond motifs is 1. The Morgan fingerprint density at radius 3 is 2.88 bits per heavy atom. The van der Waals surface area contributed by atoms with Crippen LogP contribution in [-0.2, 0) is 4.74 Å². The number of nitrogens with one attached hydrogen (secondary N) is 2. The van der Waals surface area contributed by atoms with Crippen LogP contribution in [0.3, 0.4) is 0 Å². The van der Waals surface area contributed by atoms with Crippen LogP contribution < -0.4 is 5.32 Å². The first kappa shape index (κ1) is 17.0. The van der Waals surface area contributed by atoms with Crippen LogP contribution in [0.15, 0.2) is 24.4 Å². The maximum Gasteiger partial charge on any atom is 0.279 e. The molecule has 0 aliphatic heterocycles. The predicted molar refractivity (Wildman–Crippen MR) is 97.1 cm³/mol. The molecule has 138 valence electrons. The molecular formula is C19H23N3O4. The van der Waals surface area contributed by atoms with Crippen LogP contribution in [0, 0.1) is 15.5 Å². The number of hydrogen-bond donors (Lipinski definition) is 2. The number of hydrogen-bond acceptors (Lipinski definition) is 4. The Balaban J connectivity index is 1.60. The molecule has 7 nitrogen and oxygen atoms in total. The average Bonchev–Trinajstić information content (AvgIpc) is 3.29. The predicted octanol–water partition coefficient (Wildman–Crippen LogP) is 3.54. The molecule has 1 amide bonds. The van der Waals surface area contributed by atoms with Crippen molar-refractivity contribution < 1.29 is 14.5 Å². The highest BCUT2D eigenvalue weighted by Gasteiger charge is 2.57. The van der Waals surface area contributed by atoms with E-state index in [2.05, 4.69) is 10.3 Å². The van der Waals surface area contributed by atoms with Crippen molar-refractivity contribution in [3.8, 4) is 0 Å². The Hall–Kier alpha value is -2.41. The van der Waals surface area contributed by atoms with Gasteiger partial charge in [-0.25, -0.2) is 0 Å². The Kier molecular flexibility index (Phi) is 4.19. The van der Waals surface area contributed by atoms with Crippen LogP contribution in [0.5, 0.6) is 0 Å². The van der Waals surface area contributed by atoms with Gasteiger partial charge in [-0.1, -0.05) is 18.9 Å².